The average Bonchev–Trinajstić information content (AvgIpc) is 2.15. The van der Waals surface area contributed by atoms with Gasteiger partial charge in [0.2, 0.25) is 0 Å². The van der Waals surface area contributed by atoms with E-state index in [1.165, 1.54) is 0 Å². The Morgan fingerprint density at radius 3 is 2.93 bits per heavy atom. The standard InChI is InChI=1S/C10H11ClN2O/c1-7(13)6-14-10-4-9(11)3-2-8(10)5-12/h2-4,7H,6,13H2,1H3. The predicted octanol–water partition coefficient (Wildman–Crippen LogP) is 1.94. The summed E-state index contributed by atoms with van der Waals surface area (Å²) in [4.78, 5) is 0. The molecule has 0 saturated heterocycles. The van der Waals surface area contributed by atoms with Crippen molar-refractivity contribution in [1.29, 1.82) is 5.26 Å². The molecule has 0 fully saturated rings. The smallest absolute Gasteiger partial charge is 0.138 e. The molecule has 1 aromatic carbocycles. The van der Waals surface area contributed by atoms with Gasteiger partial charge >= 0.3 is 0 Å². The number of rotatable bonds is 3. The van der Waals surface area contributed by atoms with Crippen LogP contribution in [0, 0.1) is 11.3 Å². The second-order valence-corrected chi connectivity index (χ2v) is 3.48. The fraction of sp³-hybridized carbons (Fsp3) is 0.300. The molecule has 0 radical (unpaired) electrons. The van der Waals surface area contributed by atoms with E-state index in [1.807, 2.05) is 13.0 Å². The van der Waals surface area contributed by atoms with E-state index < -0.39 is 0 Å². The number of benzene rings is 1. The lowest BCUT2D eigenvalue weighted by atomic mass is 10.2. The van der Waals surface area contributed by atoms with Gasteiger partial charge in [0, 0.05) is 17.1 Å². The molecule has 74 valence electrons. The van der Waals surface area contributed by atoms with Crippen LogP contribution in [0.1, 0.15) is 12.5 Å². The summed E-state index contributed by atoms with van der Waals surface area (Å²) in [5.41, 5.74) is 6.00. The Balaban J connectivity index is 2.84. The molecule has 1 unspecified atom stereocenters. The van der Waals surface area contributed by atoms with Gasteiger partial charge in [-0.25, -0.2) is 0 Å². The molecule has 0 aliphatic rings. The zero-order valence-corrected chi connectivity index (χ0v) is 8.58. The van der Waals surface area contributed by atoms with Crippen LogP contribution in [-0.2, 0) is 0 Å². The van der Waals surface area contributed by atoms with E-state index in [0.29, 0.717) is 22.9 Å². The number of nitrogens with two attached hydrogens (primary N) is 1. The minimum atomic E-state index is -0.0690. The SMILES string of the molecule is CC(N)COc1cc(Cl)ccc1C#N. The predicted molar refractivity (Wildman–Crippen MR) is 55.3 cm³/mol. The number of ether oxygens (including phenoxy) is 1. The zero-order valence-electron chi connectivity index (χ0n) is 7.83. The van der Waals surface area contributed by atoms with Gasteiger partial charge in [-0.05, 0) is 19.1 Å². The van der Waals surface area contributed by atoms with Crippen molar-refractivity contribution in [1.82, 2.24) is 0 Å². The first kappa shape index (κ1) is 10.8. The van der Waals surface area contributed by atoms with Crippen molar-refractivity contribution in [3.63, 3.8) is 0 Å². The van der Waals surface area contributed by atoms with Crippen molar-refractivity contribution in [2.24, 2.45) is 5.73 Å². The van der Waals surface area contributed by atoms with Crippen molar-refractivity contribution < 1.29 is 4.74 Å². The quantitative estimate of drug-likeness (QED) is 0.830. The van der Waals surface area contributed by atoms with E-state index in [0.717, 1.165) is 0 Å². The van der Waals surface area contributed by atoms with Gasteiger partial charge in [-0.15, -0.1) is 0 Å². The van der Waals surface area contributed by atoms with Crippen LogP contribution in [0.3, 0.4) is 0 Å². The summed E-state index contributed by atoms with van der Waals surface area (Å²) >= 11 is 5.77. The summed E-state index contributed by atoms with van der Waals surface area (Å²) in [5, 5.41) is 9.32. The van der Waals surface area contributed by atoms with Gasteiger partial charge in [0.05, 0.1) is 5.56 Å². The largest absolute Gasteiger partial charge is 0.491 e. The van der Waals surface area contributed by atoms with Crippen LogP contribution in [0.25, 0.3) is 0 Å². The van der Waals surface area contributed by atoms with Gasteiger partial charge in [-0.2, -0.15) is 5.26 Å². The van der Waals surface area contributed by atoms with E-state index in [9.17, 15) is 0 Å². The van der Waals surface area contributed by atoms with Crippen LogP contribution in [0.4, 0.5) is 0 Å². The van der Waals surface area contributed by atoms with Crippen LogP contribution < -0.4 is 10.5 Å². The molecule has 0 amide bonds. The summed E-state index contributed by atoms with van der Waals surface area (Å²) in [7, 11) is 0. The van der Waals surface area contributed by atoms with Crippen LogP contribution in [0.5, 0.6) is 5.75 Å². The van der Waals surface area contributed by atoms with Gasteiger partial charge in [-0.3, -0.25) is 0 Å². The number of halogens is 1. The lowest BCUT2D eigenvalue weighted by Crippen LogP contribution is -2.23. The number of nitrogens with zero attached hydrogens (tertiary/aromatic N) is 1. The van der Waals surface area contributed by atoms with Crippen LogP contribution >= 0.6 is 11.6 Å². The highest BCUT2D eigenvalue weighted by Gasteiger charge is 2.04. The van der Waals surface area contributed by atoms with Gasteiger partial charge < -0.3 is 10.5 Å². The van der Waals surface area contributed by atoms with Crippen molar-refractivity contribution >= 4 is 11.6 Å². The molecule has 0 saturated carbocycles. The molecule has 14 heavy (non-hydrogen) atoms. The minimum absolute atomic E-state index is 0.0690. The Bertz CT molecular complexity index is 358. The first-order chi connectivity index (χ1) is 6.63. The maximum Gasteiger partial charge on any atom is 0.138 e. The van der Waals surface area contributed by atoms with E-state index >= 15 is 0 Å². The third-order valence-electron chi connectivity index (χ3n) is 1.57. The van der Waals surface area contributed by atoms with Crippen molar-refractivity contribution in [2.45, 2.75) is 13.0 Å². The molecule has 0 heterocycles. The zero-order chi connectivity index (χ0) is 10.6. The first-order valence-corrected chi connectivity index (χ1v) is 4.59. The van der Waals surface area contributed by atoms with Crippen molar-refractivity contribution in [2.75, 3.05) is 6.61 Å². The average molecular weight is 211 g/mol. The van der Waals surface area contributed by atoms with E-state index in [2.05, 4.69) is 0 Å². The van der Waals surface area contributed by atoms with E-state index in [1.54, 1.807) is 18.2 Å². The molecular formula is C10H11ClN2O. The fourth-order valence-corrected chi connectivity index (χ4v) is 1.09. The number of nitriles is 1. The topological polar surface area (TPSA) is 59.0 Å². The lowest BCUT2D eigenvalue weighted by molar-refractivity contribution is 0.295. The Morgan fingerprint density at radius 1 is 1.64 bits per heavy atom. The lowest BCUT2D eigenvalue weighted by Gasteiger charge is -2.09. The van der Waals surface area contributed by atoms with Gasteiger partial charge in [0.15, 0.2) is 0 Å². The number of hydrogen-bond acceptors (Lipinski definition) is 3. The van der Waals surface area contributed by atoms with Crippen LogP contribution in [0.15, 0.2) is 18.2 Å². The Labute approximate surface area is 88.0 Å². The summed E-state index contributed by atoms with van der Waals surface area (Å²) in [6, 6.07) is 6.84. The Kier molecular flexibility index (Phi) is 3.75. The fourth-order valence-electron chi connectivity index (χ4n) is 0.929. The molecule has 1 rings (SSSR count). The number of hydrogen-bond donors (Lipinski definition) is 1. The molecule has 0 aliphatic heterocycles. The van der Waals surface area contributed by atoms with Crippen molar-refractivity contribution in [3.8, 4) is 11.8 Å². The van der Waals surface area contributed by atoms with E-state index in [4.69, 9.17) is 27.3 Å². The van der Waals surface area contributed by atoms with Crippen LogP contribution in [-0.4, -0.2) is 12.6 Å². The highest BCUT2D eigenvalue weighted by Crippen LogP contribution is 2.22. The molecule has 1 aromatic rings. The molecule has 1 atom stereocenters. The molecule has 0 aliphatic carbocycles. The van der Waals surface area contributed by atoms with Crippen molar-refractivity contribution in [3.05, 3.63) is 28.8 Å². The molecule has 0 bridgehead atoms. The highest BCUT2D eigenvalue weighted by atomic mass is 35.5. The maximum atomic E-state index is 8.77. The van der Waals surface area contributed by atoms with Crippen LogP contribution in [0.2, 0.25) is 5.02 Å². The monoisotopic (exact) mass is 210 g/mol. The van der Waals surface area contributed by atoms with Gasteiger partial charge in [0.1, 0.15) is 18.4 Å². The highest BCUT2D eigenvalue weighted by molar-refractivity contribution is 6.30. The molecule has 0 spiro atoms. The van der Waals surface area contributed by atoms with E-state index in [-0.39, 0.29) is 6.04 Å². The van der Waals surface area contributed by atoms with Gasteiger partial charge in [0.25, 0.3) is 0 Å². The maximum absolute atomic E-state index is 8.77. The minimum Gasteiger partial charge on any atom is -0.491 e. The normalized spacial score (nSPS) is 11.9. The summed E-state index contributed by atoms with van der Waals surface area (Å²) in [6.07, 6.45) is 0. The Hall–Kier alpha value is -1.24. The summed E-state index contributed by atoms with van der Waals surface area (Å²) in [5.74, 6) is 0.484. The molecular weight excluding hydrogens is 200 g/mol. The second-order valence-electron chi connectivity index (χ2n) is 3.04. The second kappa shape index (κ2) is 4.85. The molecule has 2 N–H and O–H groups in total. The third-order valence-corrected chi connectivity index (χ3v) is 1.80. The molecule has 0 aromatic heterocycles. The molecule has 3 nitrogen and oxygen atoms in total. The summed E-state index contributed by atoms with van der Waals surface area (Å²) < 4.78 is 5.34. The molecule has 4 heteroatoms. The van der Waals surface area contributed by atoms with Gasteiger partial charge in [-0.1, -0.05) is 11.6 Å². The first-order valence-electron chi connectivity index (χ1n) is 4.21. The Morgan fingerprint density at radius 2 is 2.36 bits per heavy atom. The summed E-state index contributed by atoms with van der Waals surface area (Å²) in [6.45, 7) is 2.20. The third kappa shape index (κ3) is 2.91.